The predicted molar refractivity (Wildman–Crippen MR) is 68.8 cm³/mol. The Bertz CT molecular complexity index is 420. The van der Waals surface area contributed by atoms with Crippen molar-refractivity contribution in [3.63, 3.8) is 0 Å². The molecule has 0 aliphatic carbocycles. The van der Waals surface area contributed by atoms with Crippen molar-refractivity contribution in [3.8, 4) is 0 Å². The van der Waals surface area contributed by atoms with Gasteiger partial charge in [-0.25, -0.2) is 4.39 Å². The van der Waals surface area contributed by atoms with E-state index in [1.165, 1.54) is 13.2 Å². The van der Waals surface area contributed by atoms with E-state index >= 15 is 0 Å². The molecule has 0 spiro atoms. The van der Waals surface area contributed by atoms with E-state index in [0.29, 0.717) is 12.0 Å². The number of ether oxygens (including phenoxy) is 1. The molecule has 0 radical (unpaired) electrons. The number of hydrogen-bond donors (Lipinski definition) is 1. The number of benzene rings is 1. The zero-order valence-electron chi connectivity index (χ0n) is 11.3. The number of rotatable bonds is 5. The largest absolute Gasteiger partial charge is 0.469 e. The van der Waals surface area contributed by atoms with Crippen LogP contribution >= 0.6 is 0 Å². The molecule has 0 heterocycles. The molecule has 0 aromatic heterocycles. The first kappa shape index (κ1) is 14.6. The molecule has 0 bridgehead atoms. The van der Waals surface area contributed by atoms with E-state index in [-0.39, 0.29) is 23.9 Å². The van der Waals surface area contributed by atoms with Gasteiger partial charge in [-0.3, -0.25) is 4.79 Å². The fourth-order valence-corrected chi connectivity index (χ4v) is 1.79. The van der Waals surface area contributed by atoms with Gasteiger partial charge < -0.3 is 10.1 Å². The van der Waals surface area contributed by atoms with Crippen LogP contribution < -0.4 is 5.32 Å². The number of carbonyl (C=O) groups excluding carboxylic acids is 1. The van der Waals surface area contributed by atoms with Gasteiger partial charge in [0.2, 0.25) is 0 Å². The molecule has 0 saturated carbocycles. The van der Waals surface area contributed by atoms with E-state index in [2.05, 4.69) is 10.1 Å². The maximum atomic E-state index is 13.4. The third-order valence-electron chi connectivity index (χ3n) is 2.93. The van der Waals surface area contributed by atoms with Gasteiger partial charge in [-0.1, -0.05) is 12.1 Å². The standard InChI is InChI=1S/C14H20FNO2/c1-9-5-6-12(8-13(9)15)11(3)16-10(2)7-14(17)18-4/h5-6,8,10-11,16H,7H2,1-4H3. The fraction of sp³-hybridized carbons (Fsp3) is 0.500. The SMILES string of the molecule is COC(=O)CC(C)NC(C)c1ccc(C)c(F)c1. The normalized spacial score (nSPS) is 14.1. The first-order chi connectivity index (χ1) is 8.43. The first-order valence-electron chi connectivity index (χ1n) is 6.03. The molecule has 1 N–H and O–H groups in total. The van der Waals surface area contributed by atoms with Crippen LogP contribution in [0.25, 0.3) is 0 Å². The van der Waals surface area contributed by atoms with Gasteiger partial charge in [0, 0.05) is 12.1 Å². The van der Waals surface area contributed by atoms with Crippen molar-refractivity contribution in [2.24, 2.45) is 0 Å². The van der Waals surface area contributed by atoms with Crippen molar-refractivity contribution < 1.29 is 13.9 Å². The van der Waals surface area contributed by atoms with Crippen molar-refractivity contribution in [2.45, 2.75) is 39.3 Å². The Labute approximate surface area is 107 Å². The van der Waals surface area contributed by atoms with Crippen LogP contribution in [0.1, 0.15) is 37.4 Å². The quantitative estimate of drug-likeness (QED) is 0.820. The zero-order valence-corrected chi connectivity index (χ0v) is 11.3. The molecule has 3 nitrogen and oxygen atoms in total. The molecule has 100 valence electrons. The molecule has 0 amide bonds. The Morgan fingerprint density at radius 3 is 2.67 bits per heavy atom. The topological polar surface area (TPSA) is 38.3 Å². The van der Waals surface area contributed by atoms with Crippen LogP contribution in [0.15, 0.2) is 18.2 Å². The summed E-state index contributed by atoms with van der Waals surface area (Å²) in [7, 11) is 1.37. The van der Waals surface area contributed by atoms with Gasteiger partial charge in [-0.2, -0.15) is 0 Å². The van der Waals surface area contributed by atoms with Gasteiger partial charge in [-0.15, -0.1) is 0 Å². The van der Waals surface area contributed by atoms with Crippen LogP contribution in [0.4, 0.5) is 4.39 Å². The molecule has 1 aromatic carbocycles. The average Bonchev–Trinajstić information content (AvgIpc) is 2.32. The number of aryl methyl sites for hydroxylation is 1. The second-order valence-corrected chi connectivity index (χ2v) is 4.58. The second kappa shape index (κ2) is 6.50. The lowest BCUT2D eigenvalue weighted by Gasteiger charge is -2.20. The van der Waals surface area contributed by atoms with Crippen molar-refractivity contribution in [1.29, 1.82) is 0 Å². The molecule has 4 heteroatoms. The summed E-state index contributed by atoms with van der Waals surface area (Å²) in [4.78, 5) is 11.1. The molecule has 0 aliphatic heterocycles. The van der Waals surface area contributed by atoms with E-state index in [4.69, 9.17) is 0 Å². The minimum Gasteiger partial charge on any atom is -0.469 e. The smallest absolute Gasteiger partial charge is 0.307 e. The Balaban J connectivity index is 2.61. The van der Waals surface area contributed by atoms with Crippen LogP contribution in [0, 0.1) is 12.7 Å². The number of esters is 1. The highest BCUT2D eigenvalue weighted by atomic mass is 19.1. The fourth-order valence-electron chi connectivity index (χ4n) is 1.79. The van der Waals surface area contributed by atoms with Crippen LogP contribution in [0.2, 0.25) is 0 Å². The molecule has 2 unspecified atom stereocenters. The predicted octanol–water partition coefficient (Wildman–Crippen LogP) is 2.74. The van der Waals surface area contributed by atoms with Crippen LogP contribution in [0.3, 0.4) is 0 Å². The molecular formula is C14H20FNO2. The number of methoxy groups -OCH3 is 1. The highest BCUT2D eigenvalue weighted by Crippen LogP contribution is 2.17. The summed E-state index contributed by atoms with van der Waals surface area (Å²) in [6.07, 6.45) is 0.301. The maximum Gasteiger partial charge on any atom is 0.307 e. The molecule has 1 aromatic rings. The third-order valence-corrected chi connectivity index (χ3v) is 2.93. The minimum atomic E-state index is -0.253. The van der Waals surface area contributed by atoms with Crippen LogP contribution in [-0.2, 0) is 9.53 Å². The van der Waals surface area contributed by atoms with Crippen LogP contribution in [-0.4, -0.2) is 19.1 Å². The van der Waals surface area contributed by atoms with E-state index in [1.807, 2.05) is 19.9 Å². The molecule has 2 atom stereocenters. The van der Waals surface area contributed by atoms with Gasteiger partial charge >= 0.3 is 5.97 Å². The highest BCUT2D eigenvalue weighted by molar-refractivity contribution is 5.69. The zero-order chi connectivity index (χ0) is 13.7. The Morgan fingerprint density at radius 2 is 2.11 bits per heavy atom. The van der Waals surface area contributed by atoms with Gasteiger partial charge in [0.1, 0.15) is 5.82 Å². The lowest BCUT2D eigenvalue weighted by atomic mass is 10.0. The summed E-state index contributed by atoms with van der Waals surface area (Å²) < 4.78 is 18.0. The molecule has 0 aliphatic rings. The van der Waals surface area contributed by atoms with Gasteiger partial charge in [0.25, 0.3) is 0 Å². The van der Waals surface area contributed by atoms with E-state index in [1.54, 1.807) is 13.0 Å². The average molecular weight is 253 g/mol. The second-order valence-electron chi connectivity index (χ2n) is 4.58. The highest BCUT2D eigenvalue weighted by Gasteiger charge is 2.13. The van der Waals surface area contributed by atoms with Crippen molar-refractivity contribution >= 4 is 5.97 Å². The maximum absolute atomic E-state index is 13.4. The molecule has 0 fully saturated rings. The Morgan fingerprint density at radius 1 is 1.44 bits per heavy atom. The molecular weight excluding hydrogens is 233 g/mol. The number of nitrogens with one attached hydrogen (secondary N) is 1. The molecule has 0 saturated heterocycles. The number of carbonyl (C=O) groups is 1. The molecule has 1 rings (SSSR count). The van der Waals surface area contributed by atoms with E-state index < -0.39 is 0 Å². The monoisotopic (exact) mass is 253 g/mol. The lowest BCUT2D eigenvalue weighted by Crippen LogP contribution is -2.31. The lowest BCUT2D eigenvalue weighted by molar-refractivity contribution is -0.141. The summed E-state index contributed by atoms with van der Waals surface area (Å²) >= 11 is 0. The van der Waals surface area contributed by atoms with Gasteiger partial charge in [0.05, 0.1) is 13.5 Å². The van der Waals surface area contributed by atoms with Crippen LogP contribution in [0.5, 0.6) is 0 Å². The summed E-state index contributed by atoms with van der Waals surface area (Å²) in [6, 6.07) is 5.14. The summed E-state index contributed by atoms with van der Waals surface area (Å²) in [5.41, 5.74) is 1.50. The first-order valence-corrected chi connectivity index (χ1v) is 6.03. The summed E-state index contributed by atoms with van der Waals surface area (Å²) in [6.45, 7) is 5.58. The van der Waals surface area contributed by atoms with Gasteiger partial charge in [-0.05, 0) is 38.0 Å². The van der Waals surface area contributed by atoms with E-state index in [9.17, 15) is 9.18 Å². The van der Waals surface area contributed by atoms with E-state index in [0.717, 1.165) is 5.56 Å². The van der Waals surface area contributed by atoms with Gasteiger partial charge in [0.15, 0.2) is 0 Å². The van der Waals surface area contributed by atoms with Crippen molar-refractivity contribution in [2.75, 3.05) is 7.11 Å². The van der Waals surface area contributed by atoms with Crippen molar-refractivity contribution in [1.82, 2.24) is 5.32 Å². The third kappa shape index (κ3) is 4.11. The number of hydrogen-bond acceptors (Lipinski definition) is 3. The Hall–Kier alpha value is -1.42. The number of halogens is 1. The van der Waals surface area contributed by atoms with Crippen molar-refractivity contribution in [3.05, 3.63) is 35.1 Å². The summed E-state index contributed by atoms with van der Waals surface area (Å²) in [5, 5.41) is 3.24. The molecule has 18 heavy (non-hydrogen) atoms. The summed E-state index contributed by atoms with van der Waals surface area (Å²) in [5.74, 6) is -0.459. The minimum absolute atomic E-state index is 0.0141. The Kier molecular flexibility index (Phi) is 5.28.